The molecule has 2 aromatic rings. The maximum Gasteiger partial charge on any atom is 0.0654 e. The molecule has 0 fully saturated rings. The van der Waals surface area contributed by atoms with Gasteiger partial charge >= 0.3 is 0 Å². The van der Waals surface area contributed by atoms with Gasteiger partial charge < -0.3 is 10.1 Å². The minimum absolute atomic E-state index is 0.197. The lowest BCUT2D eigenvalue weighted by atomic mass is 9.91. The Balaban J connectivity index is 1.81. The number of H-pyrrole nitrogens is 1. The van der Waals surface area contributed by atoms with Crippen molar-refractivity contribution < 1.29 is 5.11 Å². The molecule has 1 aromatic carbocycles. The van der Waals surface area contributed by atoms with Gasteiger partial charge in [0.05, 0.1) is 12.6 Å². The molecule has 0 aliphatic carbocycles. The summed E-state index contributed by atoms with van der Waals surface area (Å²) >= 11 is 0. The minimum atomic E-state index is 0.197. The summed E-state index contributed by atoms with van der Waals surface area (Å²) in [6, 6.07) is 9.06. The van der Waals surface area contributed by atoms with E-state index in [4.69, 9.17) is 0 Å². The van der Waals surface area contributed by atoms with E-state index in [1.165, 1.54) is 22.2 Å². The van der Waals surface area contributed by atoms with Crippen molar-refractivity contribution in [2.75, 3.05) is 19.7 Å². The summed E-state index contributed by atoms with van der Waals surface area (Å²) in [6.07, 6.45) is 4.33. The smallest absolute Gasteiger partial charge is 0.0654 e. The van der Waals surface area contributed by atoms with Crippen LogP contribution in [0.4, 0.5) is 0 Å². The Kier molecular flexibility index (Phi) is 2.50. The Morgan fingerprint density at radius 2 is 2.21 bits per heavy atom. The Morgan fingerprint density at radius 3 is 3.11 bits per heavy atom. The summed E-state index contributed by atoms with van der Waals surface area (Å²) in [5, 5.41) is 10.7. The fourth-order valence-corrected chi connectivity index (χ4v) is 3.54. The van der Waals surface area contributed by atoms with Crippen LogP contribution >= 0.6 is 0 Å². The quantitative estimate of drug-likeness (QED) is 0.767. The van der Waals surface area contributed by atoms with Crippen LogP contribution in [0.15, 0.2) is 35.9 Å². The molecule has 98 valence electrons. The van der Waals surface area contributed by atoms with E-state index in [-0.39, 0.29) is 6.61 Å². The molecule has 1 aromatic heterocycles. The molecule has 0 saturated carbocycles. The molecule has 3 nitrogen and oxygen atoms in total. The number of hydrogen-bond acceptors (Lipinski definition) is 2. The molecule has 1 unspecified atom stereocenters. The predicted octanol–water partition coefficient (Wildman–Crippen LogP) is 2.39. The second kappa shape index (κ2) is 4.22. The molecule has 0 saturated heterocycles. The average Bonchev–Trinajstić information content (AvgIpc) is 2.85. The molecule has 4 rings (SSSR count). The fourth-order valence-electron chi connectivity index (χ4n) is 3.54. The molecular formula is C16H18N2O. The number of aromatic nitrogens is 1. The first-order chi connectivity index (χ1) is 9.36. The molecule has 3 heterocycles. The normalized spacial score (nSPS) is 23.0. The summed E-state index contributed by atoms with van der Waals surface area (Å²) in [5.74, 6) is 0. The number of hydrogen-bond donors (Lipinski definition) is 2. The van der Waals surface area contributed by atoms with E-state index >= 15 is 0 Å². The van der Waals surface area contributed by atoms with E-state index in [0.29, 0.717) is 6.04 Å². The number of benzene rings is 1. The Bertz CT molecular complexity index is 656. The zero-order valence-electron chi connectivity index (χ0n) is 10.9. The third-order valence-electron chi connectivity index (χ3n) is 4.51. The van der Waals surface area contributed by atoms with Gasteiger partial charge in [0.2, 0.25) is 0 Å². The van der Waals surface area contributed by atoms with Crippen LogP contribution in [0.2, 0.25) is 0 Å². The van der Waals surface area contributed by atoms with Crippen molar-refractivity contribution in [3.05, 3.63) is 47.2 Å². The summed E-state index contributed by atoms with van der Waals surface area (Å²) in [7, 11) is 0. The van der Waals surface area contributed by atoms with Gasteiger partial charge in [0.15, 0.2) is 0 Å². The van der Waals surface area contributed by atoms with Gasteiger partial charge in [-0.2, -0.15) is 0 Å². The maximum atomic E-state index is 9.29. The standard InChI is InChI=1S/C16H18N2O/c19-10-11-5-6-15-16-13(7-8-18(15)9-11)12-3-1-2-4-14(12)17-16/h1-5,15,17,19H,6-10H2. The lowest BCUT2D eigenvalue weighted by Gasteiger charge is -2.38. The summed E-state index contributed by atoms with van der Waals surface area (Å²) < 4.78 is 0. The number of rotatable bonds is 1. The average molecular weight is 254 g/mol. The number of aliphatic hydroxyl groups is 1. The molecule has 0 amide bonds. The maximum absolute atomic E-state index is 9.29. The zero-order valence-corrected chi connectivity index (χ0v) is 10.9. The zero-order chi connectivity index (χ0) is 12.8. The van der Waals surface area contributed by atoms with Gasteiger partial charge in [0.1, 0.15) is 0 Å². The summed E-state index contributed by atoms with van der Waals surface area (Å²) in [6.45, 7) is 2.20. The van der Waals surface area contributed by atoms with Gasteiger partial charge in [-0.15, -0.1) is 0 Å². The van der Waals surface area contributed by atoms with Crippen molar-refractivity contribution in [2.45, 2.75) is 18.9 Å². The second-order valence-electron chi connectivity index (χ2n) is 5.56. The van der Waals surface area contributed by atoms with Gasteiger partial charge in [0, 0.05) is 29.7 Å². The Labute approximate surface area is 112 Å². The van der Waals surface area contributed by atoms with E-state index < -0.39 is 0 Å². The van der Waals surface area contributed by atoms with Crippen LogP contribution in [0.5, 0.6) is 0 Å². The van der Waals surface area contributed by atoms with Crippen molar-refractivity contribution in [1.29, 1.82) is 0 Å². The number of nitrogens with one attached hydrogen (secondary N) is 1. The molecule has 2 aliphatic rings. The first kappa shape index (κ1) is 11.3. The largest absolute Gasteiger partial charge is 0.392 e. The van der Waals surface area contributed by atoms with E-state index in [2.05, 4.69) is 40.2 Å². The first-order valence-electron chi connectivity index (χ1n) is 6.99. The third kappa shape index (κ3) is 1.66. The van der Waals surface area contributed by atoms with Crippen molar-refractivity contribution in [2.24, 2.45) is 0 Å². The first-order valence-corrected chi connectivity index (χ1v) is 6.99. The van der Waals surface area contributed by atoms with Gasteiger partial charge in [-0.1, -0.05) is 24.3 Å². The van der Waals surface area contributed by atoms with Crippen molar-refractivity contribution in [1.82, 2.24) is 9.88 Å². The SMILES string of the molecule is OCC1=CCC2c3[nH]c4ccccc4c3CCN2C1. The van der Waals surface area contributed by atoms with Crippen LogP contribution in [-0.4, -0.2) is 34.7 Å². The van der Waals surface area contributed by atoms with E-state index in [1.807, 2.05) is 0 Å². The van der Waals surface area contributed by atoms with Crippen molar-refractivity contribution in [3.8, 4) is 0 Å². The molecule has 1 atom stereocenters. The number of para-hydroxylation sites is 1. The highest BCUT2D eigenvalue weighted by Gasteiger charge is 2.31. The number of aliphatic hydroxyl groups excluding tert-OH is 1. The molecule has 0 bridgehead atoms. The van der Waals surface area contributed by atoms with Crippen LogP contribution < -0.4 is 0 Å². The molecule has 0 radical (unpaired) electrons. The number of nitrogens with zero attached hydrogens (tertiary/aromatic N) is 1. The van der Waals surface area contributed by atoms with E-state index in [0.717, 1.165) is 31.5 Å². The Hall–Kier alpha value is -1.58. The van der Waals surface area contributed by atoms with E-state index in [9.17, 15) is 5.11 Å². The summed E-state index contributed by atoms with van der Waals surface area (Å²) in [5.41, 5.74) is 5.31. The highest BCUT2D eigenvalue weighted by atomic mass is 16.3. The molecule has 2 N–H and O–H groups in total. The van der Waals surface area contributed by atoms with Crippen LogP contribution in [0.25, 0.3) is 10.9 Å². The number of aromatic amines is 1. The van der Waals surface area contributed by atoms with Crippen LogP contribution in [0.3, 0.4) is 0 Å². The van der Waals surface area contributed by atoms with Crippen LogP contribution in [0.1, 0.15) is 23.7 Å². The lowest BCUT2D eigenvalue weighted by molar-refractivity contribution is 0.177. The van der Waals surface area contributed by atoms with Crippen molar-refractivity contribution in [3.63, 3.8) is 0 Å². The van der Waals surface area contributed by atoms with Gasteiger partial charge in [-0.3, -0.25) is 4.90 Å². The van der Waals surface area contributed by atoms with E-state index in [1.54, 1.807) is 0 Å². The fraction of sp³-hybridized carbons (Fsp3) is 0.375. The monoisotopic (exact) mass is 254 g/mol. The van der Waals surface area contributed by atoms with Gasteiger partial charge in [0.25, 0.3) is 0 Å². The minimum Gasteiger partial charge on any atom is -0.392 e. The van der Waals surface area contributed by atoms with Crippen LogP contribution in [-0.2, 0) is 6.42 Å². The highest BCUT2D eigenvalue weighted by Crippen LogP contribution is 2.38. The molecule has 19 heavy (non-hydrogen) atoms. The lowest BCUT2D eigenvalue weighted by Crippen LogP contribution is -2.39. The predicted molar refractivity (Wildman–Crippen MR) is 76.1 cm³/mol. The van der Waals surface area contributed by atoms with Crippen molar-refractivity contribution >= 4 is 10.9 Å². The molecule has 0 spiro atoms. The summed E-state index contributed by atoms with van der Waals surface area (Å²) in [4.78, 5) is 6.10. The molecule has 2 aliphatic heterocycles. The third-order valence-corrected chi connectivity index (χ3v) is 4.51. The second-order valence-corrected chi connectivity index (χ2v) is 5.56. The molecular weight excluding hydrogens is 236 g/mol. The topological polar surface area (TPSA) is 39.3 Å². The van der Waals surface area contributed by atoms with Crippen LogP contribution in [0, 0.1) is 0 Å². The highest BCUT2D eigenvalue weighted by molar-refractivity contribution is 5.85. The molecule has 3 heteroatoms. The van der Waals surface area contributed by atoms with Gasteiger partial charge in [-0.25, -0.2) is 0 Å². The Morgan fingerprint density at radius 1 is 1.32 bits per heavy atom. The van der Waals surface area contributed by atoms with Gasteiger partial charge in [-0.05, 0) is 30.0 Å². The number of fused-ring (bicyclic) bond motifs is 5.